The Labute approximate surface area is 142 Å². The third kappa shape index (κ3) is 4.76. The van der Waals surface area contributed by atoms with Gasteiger partial charge in [0.1, 0.15) is 17.7 Å². The van der Waals surface area contributed by atoms with Crippen molar-refractivity contribution < 1.29 is 23.5 Å². The largest absolute Gasteiger partial charge is 0.480 e. The monoisotopic (exact) mass is 353 g/mol. The third-order valence-electron chi connectivity index (χ3n) is 3.36. The van der Waals surface area contributed by atoms with Crippen LogP contribution in [0.3, 0.4) is 0 Å². The van der Waals surface area contributed by atoms with Crippen molar-refractivity contribution in [1.29, 1.82) is 0 Å². The second-order valence-corrected chi connectivity index (χ2v) is 5.61. The van der Waals surface area contributed by atoms with Gasteiger partial charge in [-0.3, -0.25) is 4.79 Å². The Morgan fingerprint density at radius 2 is 1.75 bits per heavy atom. The van der Waals surface area contributed by atoms with Gasteiger partial charge in [0.2, 0.25) is 5.91 Å². The number of carboxylic acid groups (broad SMARTS) is 1. The molecule has 0 radical (unpaired) electrons. The minimum Gasteiger partial charge on any atom is -0.480 e. The Bertz CT molecular complexity index is 747. The van der Waals surface area contributed by atoms with Crippen molar-refractivity contribution in [1.82, 2.24) is 5.32 Å². The fourth-order valence-electron chi connectivity index (χ4n) is 2.21. The maximum atomic E-state index is 13.5. The molecule has 0 aliphatic carbocycles. The molecule has 0 saturated carbocycles. The van der Waals surface area contributed by atoms with E-state index in [4.69, 9.17) is 11.6 Å². The molecule has 0 aliphatic rings. The van der Waals surface area contributed by atoms with Gasteiger partial charge in [0.05, 0.1) is 6.42 Å². The average Bonchev–Trinajstić information content (AvgIpc) is 2.50. The highest BCUT2D eigenvalue weighted by atomic mass is 35.5. The highest BCUT2D eigenvalue weighted by Crippen LogP contribution is 2.14. The van der Waals surface area contributed by atoms with Crippen LogP contribution in [0.25, 0.3) is 0 Å². The molecule has 0 fully saturated rings. The summed E-state index contributed by atoms with van der Waals surface area (Å²) < 4.78 is 27.1. The van der Waals surface area contributed by atoms with Crippen LogP contribution >= 0.6 is 11.6 Å². The van der Waals surface area contributed by atoms with E-state index >= 15 is 0 Å². The quantitative estimate of drug-likeness (QED) is 0.839. The van der Waals surface area contributed by atoms with Crippen molar-refractivity contribution in [3.63, 3.8) is 0 Å². The Balaban J connectivity index is 2.07. The first-order chi connectivity index (χ1) is 11.4. The van der Waals surface area contributed by atoms with E-state index in [0.29, 0.717) is 10.6 Å². The molecule has 0 unspecified atom stereocenters. The molecular formula is C17H14ClF2NO3. The predicted molar refractivity (Wildman–Crippen MR) is 84.8 cm³/mol. The molecule has 0 spiro atoms. The zero-order valence-electron chi connectivity index (χ0n) is 12.4. The molecule has 2 rings (SSSR count). The van der Waals surface area contributed by atoms with Crippen LogP contribution in [0.1, 0.15) is 11.1 Å². The first-order valence-electron chi connectivity index (χ1n) is 7.06. The van der Waals surface area contributed by atoms with Crippen LogP contribution in [-0.2, 0) is 22.4 Å². The van der Waals surface area contributed by atoms with Gasteiger partial charge in [-0.2, -0.15) is 0 Å². The first-order valence-corrected chi connectivity index (χ1v) is 7.44. The van der Waals surface area contributed by atoms with Gasteiger partial charge in [-0.25, -0.2) is 13.6 Å². The normalized spacial score (nSPS) is 11.8. The number of carbonyl (C=O) groups excluding carboxylic acids is 1. The molecule has 1 amide bonds. The molecule has 2 N–H and O–H groups in total. The van der Waals surface area contributed by atoms with Crippen LogP contribution in [0.5, 0.6) is 0 Å². The van der Waals surface area contributed by atoms with Crippen LogP contribution in [0.15, 0.2) is 42.5 Å². The van der Waals surface area contributed by atoms with E-state index in [0.717, 1.165) is 12.1 Å². The van der Waals surface area contributed by atoms with Crippen LogP contribution < -0.4 is 5.32 Å². The molecule has 0 aliphatic heterocycles. The molecule has 0 heterocycles. The van der Waals surface area contributed by atoms with Crippen LogP contribution in [0.2, 0.25) is 5.02 Å². The van der Waals surface area contributed by atoms with Crippen molar-refractivity contribution in [3.05, 3.63) is 70.2 Å². The number of hydrogen-bond acceptors (Lipinski definition) is 2. The zero-order valence-corrected chi connectivity index (χ0v) is 13.2. The molecule has 4 nitrogen and oxygen atoms in total. The summed E-state index contributed by atoms with van der Waals surface area (Å²) in [5.41, 5.74) is 0.217. The van der Waals surface area contributed by atoms with E-state index in [2.05, 4.69) is 5.32 Å². The summed E-state index contributed by atoms with van der Waals surface area (Å²) in [6, 6.07) is 8.58. The minimum absolute atomic E-state index is 0.00138. The van der Waals surface area contributed by atoms with E-state index in [1.807, 2.05) is 0 Å². The molecule has 0 aromatic heterocycles. The van der Waals surface area contributed by atoms with Gasteiger partial charge in [-0.15, -0.1) is 0 Å². The summed E-state index contributed by atoms with van der Waals surface area (Å²) in [6.45, 7) is 0. The zero-order chi connectivity index (χ0) is 17.7. The molecule has 0 saturated heterocycles. The van der Waals surface area contributed by atoms with E-state index in [1.54, 1.807) is 24.3 Å². The van der Waals surface area contributed by atoms with Crippen molar-refractivity contribution in [2.75, 3.05) is 0 Å². The number of carboxylic acids is 1. The maximum absolute atomic E-state index is 13.5. The Hall–Kier alpha value is -2.47. The van der Waals surface area contributed by atoms with Gasteiger partial charge in [-0.1, -0.05) is 29.8 Å². The van der Waals surface area contributed by atoms with E-state index in [-0.39, 0.29) is 6.42 Å². The highest BCUT2D eigenvalue weighted by molar-refractivity contribution is 6.30. The highest BCUT2D eigenvalue weighted by Gasteiger charge is 2.22. The van der Waals surface area contributed by atoms with E-state index in [1.165, 1.54) is 6.07 Å². The van der Waals surface area contributed by atoms with Crippen molar-refractivity contribution in [3.8, 4) is 0 Å². The van der Waals surface area contributed by atoms with Crippen molar-refractivity contribution in [2.45, 2.75) is 18.9 Å². The fraction of sp³-hybridized carbons (Fsp3) is 0.176. The summed E-state index contributed by atoms with van der Waals surface area (Å²) in [4.78, 5) is 23.3. The van der Waals surface area contributed by atoms with Gasteiger partial charge in [-0.05, 0) is 29.8 Å². The summed E-state index contributed by atoms with van der Waals surface area (Å²) in [5, 5.41) is 11.9. The number of halogens is 3. The van der Waals surface area contributed by atoms with Gasteiger partial charge >= 0.3 is 5.97 Å². The molecule has 126 valence electrons. The lowest BCUT2D eigenvalue weighted by Gasteiger charge is -2.15. The summed E-state index contributed by atoms with van der Waals surface area (Å²) in [6.07, 6.45) is -0.584. The number of rotatable bonds is 6. The average molecular weight is 354 g/mol. The number of hydrogen-bond donors (Lipinski definition) is 2. The Morgan fingerprint density at radius 1 is 1.12 bits per heavy atom. The lowest BCUT2D eigenvalue weighted by atomic mass is 10.1. The van der Waals surface area contributed by atoms with E-state index in [9.17, 15) is 23.5 Å². The van der Waals surface area contributed by atoms with Crippen LogP contribution in [0, 0.1) is 11.6 Å². The molecule has 7 heteroatoms. The smallest absolute Gasteiger partial charge is 0.326 e. The summed E-state index contributed by atoms with van der Waals surface area (Å²) >= 11 is 5.84. The van der Waals surface area contributed by atoms with Gasteiger partial charge in [0.15, 0.2) is 0 Å². The molecule has 1 atom stereocenters. The van der Waals surface area contributed by atoms with Crippen LogP contribution in [0.4, 0.5) is 8.78 Å². The lowest BCUT2D eigenvalue weighted by Crippen LogP contribution is -2.43. The number of carbonyl (C=O) groups is 2. The van der Waals surface area contributed by atoms with Gasteiger partial charge in [0, 0.05) is 17.0 Å². The first kappa shape index (κ1) is 17.9. The Kier molecular flexibility index (Phi) is 5.87. The second-order valence-electron chi connectivity index (χ2n) is 5.17. The number of aliphatic carboxylic acids is 1. The summed E-state index contributed by atoms with van der Waals surface area (Å²) in [7, 11) is 0. The second kappa shape index (κ2) is 7.88. The molecular weight excluding hydrogens is 340 g/mol. The number of benzene rings is 2. The van der Waals surface area contributed by atoms with Crippen molar-refractivity contribution in [2.24, 2.45) is 0 Å². The SMILES string of the molecule is O=C(Cc1c(F)cccc1F)N[C@@H](Cc1cccc(Cl)c1)C(=O)O. The predicted octanol–water partition coefficient (Wildman–Crippen LogP) is 2.97. The topological polar surface area (TPSA) is 66.4 Å². The standard InChI is InChI=1S/C17H14ClF2NO3/c18-11-4-1-3-10(7-11)8-15(17(23)24)21-16(22)9-12-13(19)5-2-6-14(12)20/h1-7,15H,8-9H2,(H,21,22)(H,23,24)/t15-/m0/s1. The van der Waals surface area contributed by atoms with Crippen molar-refractivity contribution >= 4 is 23.5 Å². The van der Waals surface area contributed by atoms with E-state index < -0.39 is 41.5 Å². The van der Waals surface area contributed by atoms with Gasteiger partial charge < -0.3 is 10.4 Å². The summed E-state index contributed by atoms with van der Waals surface area (Å²) in [5.74, 6) is -3.75. The molecule has 0 bridgehead atoms. The minimum atomic E-state index is -1.25. The Morgan fingerprint density at radius 3 is 2.33 bits per heavy atom. The molecule has 2 aromatic carbocycles. The number of amides is 1. The number of nitrogens with one attached hydrogen (secondary N) is 1. The van der Waals surface area contributed by atoms with Gasteiger partial charge in [0.25, 0.3) is 0 Å². The van der Waals surface area contributed by atoms with Crippen LogP contribution in [-0.4, -0.2) is 23.0 Å². The fourth-order valence-corrected chi connectivity index (χ4v) is 2.42. The molecule has 24 heavy (non-hydrogen) atoms. The molecule has 2 aromatic rings. The third-order valence-corrected chi connectivity index (χ3v) is 3.60. The lowest BCUT2D eigenvalue weighted by molar-refractivity contribution is -0.141. The maximum Gasteiger partial charge on any atom is 0.326 e.